The smallest absolute Gasteiger partial charge is 0.241 e. The van der Waals surface area contributed by atoms with Crippen molar-refractivity contribution in [2.45, 2.75) is 33.8 Å². The van der Waals surface area contributed by atoms with Gasteiger partial charge in [0.1, 0.15) is 5.52 Å². The maximum absolute atomic E-state index is 12.4. The lowest BCUT2D eigenvalue weighted by Crippen LogP contribution is -2.16. The number of oxazole rings is 1. The number of rotatable bonds is 8. The minimum Gasteiger partial charge on any atom is -0.472 e. The Balaban J connectivity index is 0.00000139. The lowest BCUT2D eigenvalue weighted by atomic mass is 10.1. The van der Waals surface area contributed by atoms with E-state index in [2.05, 4.69) is 25.2 Å². The average Bonchev–Trinajstić information content (AvgIpc) is 3.64. The van der Waals surface area contributed by atoms with E-state index in [9.17, 15) is 9.59 Å². The molecule has 0 bridgehead atoms. The first kappa shape index (κ1) is 32.4. The summed E-state index contributed by atoms with van der Waals surface area (Å²) in [5.74, 6) is -0.152. The van der Waals surface area contributed by atoms with Gasteiger partial charge < -0.3 is 19.8 Å². The lowest BCUT2D eigenvalue weighted by Gasteiger charge is -2.22. The molecule has 4 aromatic carbocycles. The molecule has 0 fully saturated rings. The summed E-state index contributed by atoms with van der Waals surface area (Å²) in [6.07, 6.45) is -0.0673. The minimum atomic E-state index is -0.817. The van der Waals surface area contributed by atoms with E-state index >= 15 is 0 Å². The highest BCUT2D eigenvalue weighted by Gasteiger charge is 2.26. The maximum atomic E-state index is 12.4. The van der Waals surface area contributed by atoms with Gasteiger partial charge in [0.15, 0.2) is 22.4 Å². The van der Waals surface area contributed by atoms with Crippen LogP contribution in [0.1, 0.15) is 42.5 Å². The van der Waals surface area contributed by atoms with E-state index in [-0.39, 0.29) is 28.9 Å². The molecule has 0 spiro atoms. The number of benzene rings is 4. The van der Waals surface area contributed by atoms with E-state index in [4.69, 9.17) is 24.3 Å². The first-order valence-corrected chi connectivity index (χ1v) is 15.1. The molecule has 2 aromatic heterocycles. The van der Waals surface area contributed by atoms with E-state index in [0.717, 1.165) is 33.7 Å². The van der Waals surface area contributed by atoms with Crippen LogP contribution in [-0.4, -0.2) is 27.3 Å². The van der Waals surface area contributed by atoms with Crippen molar-refractivity contribution in [1.29, 1.82) is 5.41 Å². The summed E-state index contributed by atoms with van der Waals surface area (Å²) in [4.78, 5) is 37.8. The summed E-state index contributed by atoms with van der Waals surface area (Å²) in [6.45, 7) is 6.77. The molecule has 47 heavy (non-hydrogen) atoms. The molecule has 0 saturated heterocycles. The molecule has 3 N–H and O–H groups in total. The number of carbonyl (C=O) groups is 2. The summed E-state index contributed by atoms with van der Waals surface area (Å²) < 4.78 is 17.2. The van der Waals surface area contributed by atoms with Crippen LogP contribution in [0.4, 0.5) is 22.1 Å². The number of hydrogen-bond acceptors (Lipinski definition) is 11. The Morgan fingerprint density at radius 1 is 0.894 bits per heavy atom. The second-order valence-electron chi connectivity index (χ2n) is 10.5. The van der Waals surface area contributed by atoms with Gasteiger partial charge in [-0.1, -0.05) is 53.6 Å². The molecule has 0 saturated carbocycles. The van der Waals surface area contributed by atoms with Gasteiger partial charge in [0, 0.05) is 24.8 Å². The molecule has 12 nitrogen and oxygen atoms in total. The fraction of sp³-hybridized carbons (Fsp3) is 0.147. The van der Waals surface area contributed by atoms with Gasteiger partial charge in [0.05, 0.1) is 22.6 Å². The number of para-hydroxylation sites is 2. The van der Waals surface area contributed by atoms with E-state index < -0.39 is 6.10 Å². The number of azo groups is 1. The number of ether oxygens (including phenoxy) is 1. The second kappa shape index (κ2) is 14.4. The van der Waals surface area contributed by atoms with Gasteiger partial charge in [0.2, 0.25) is 23.8 Å². The van der Waals surface area contributed by atoms with Crippen molar-refractivity contribution in [3.05, 3.63) is 101 Å². The molecular weight excluding hydrogens is 618 g/mol. The number of carbonyl (C=O) groups excluding carboxylic acids is 3. The van der Waals surface area contributed by atoms with Crippen molar-refractivity contribution in [3.8, 4) is 5.75 Å². The number of nitrogens with one attached hydrogen (secondary N) is 3. The highest BCUT2D eigenvalue weighted by molar-refractivity contribution is 7.11. The van der Waals surface area contributed by atoms with Gasteiger partial charge in [-0.2, -0.15) is 4.37 Å². The Morgan fingerprint density at radius 3 is 2.17 bits per heavy atom. The molecule has 6 rings (SSSR count). The first-order chi connectivity index (χ1) is 22.6. The third-order valence-electron chi connectivity index (χ3n) is 6.71. The zero-order valence-corrected chi connectivity index (χ0v) is 26.6. The number of isocyanates is 1. The molecule has 2 heterocycles. The molecule has 0 aliphatic carbocycles. The van der Waals surface area contributed by atoms with Crippen LogP contribution >= 0.6 is 11.5 Å². The zero-order valence-electron chi connectivity index (χ0n) is 25.8. The topological polar surface area (TPSA) is 172 Å². The van der Waals surface area contributed by atoms with Gasteiger partial charge in [-0.15, -0.1) is 10.2 Å². The predicted octanol–water partition coefficient (Wildman–Crippen LogP) is 8.46. The molecule has 1 unspecified atom stereocenters. The Morgan fingerprint density at radius 2 is 1.53 bits per heavy atom. The van der Waals surface area contributed by atoms with Crippen molar-refractivity contribution in [2.75, 3.05) is 10.6 Å². The van der Waals surface area contributed by atoms with Crippen molar-refractivity contribution in [2.24, 2.45) is 10.2 Å². The van der Waals surface area contributed by atoms with E-state index in [1.54, 1.807) is 12.1 Å². The van der Waals surface area contributed by atoms with E-state index in [1.807, 2.05) is 80.6 Å². The van der Waals surface area contributed by atoms with Gasteiger partial charge >= 0.3 is 0 Å². The van der Waals surface area contributed by atoms with Gasteiger partial charge in [-0.05, 0) is 61.8 Å². The molecule has 13 heteroatoms. The Labute approximate surface area is 273 Å². The van der Waals surface area contributed by atoms with Crippen LogP contribution in [0.15, 0.2) is 93.5 Å². The van der Waals surface area contributed by atoms with Crippen LogP contribution in [0.2, 0.25) is 0 Å². The summed E-state index contributed by atoms with van der Waals surface area (Å²) >= 11 is 1.24. The highest BCUT2D eigenvalue weighted by atomic mass is 32.1. The summed E-state index contributed by atoms with van der Waals surface area (Å²) in [7, 11) is 0. The largest absolute Gasteiger partial charge is 0.472 e. The molecule has 0 aliphatic heterocycles. The second-order valence-corrected chi connectivity index (χ2v) is 11.2. The van der Waals surface area contributed by atoms with Crippen LogP contribution in [0.25, 0.3) is 22.0 Å². The number of aryl methyl sites for hydroxylation is 2. The number of nitrogens with zero attached hydrogens (tertiary/aromatic N) is 4. The fourth-order valence-electron chi connectivity index (χ4n) is 4.70. The molecule has 1 atom stereocenters. The van der Waals surface area contributed by atoms with Crippen LogP contribution in [0.5, 0.6) is 5.75 Å². The summed E-state index contributed by atoms with van der Waals surface area (Å²) in [6, 6.07) is 24.4. The van der Waals surface area contributed by atoms with Crippen LogP contribution < -0.4 is 15.4 Å². The monoisotopic (exact) mass is 647 g/mol. The predicted molar refractivity (Wildman–Crippen MR) is 180 cm³/mol. The van der Waals surface area contributed by atoms with Crippen molar-refractivity contribution in [3.63, 3.8) is 0 Å². The van der Waals surface area contributed by atoms with Gasteiger partial charge in [0.25, 0.3) is 0 Å². The Hall–Kier alpha value is -6.04. The summed E-state index contributed by atoms with van der Waals surface area (Å²) in [5.41, 5.74) is 5.99. The number of fused-ring (bicyclic) bond motifs is 2. The number of aromatic nitrogens is 2. The van der Waals surface area contributed by atoms with Crippen LogP contribution in [0, 0.1) is 19.3 Å². The quantitative estimate of drug-likeness (QED) is 0.0844. The molecular formula is C34H29N7O5S. The highest BCUT2D eigenvalue weighted by Crippen LogP contribution is 2.43. The minimum absolute atomic E-state index is 0.209. The first-order valence-electron chi connectivity index (χ1n) is 14.3. The molecule has 2 amide bonds. The van der Waals surface area contributed by atoms with E-state index in [1.165, 1.54) is 25.4 Å². The normalized spacial score (nSPS) is 11.5. The van der Waals surface area contributed by atoms with Crippen LogP contribution in [-0.2, 0) is 14.4 Å². The third kappa shape index (κ3) is 7.79. The number of anilines is 2. The fourth-order valence-corrected chi connectivity index (χ4v) is 5.39. The van der Waals surface area contributed by atoms with Gasteiger partial charge in [-0.25, -0.2) is 15.2 Å². The lowest BCUT2D eigenvalue weighted by molar-refractivity contribution is -0.115. The van der Waals surface area contributed by atoms with Crippen molar-refractivity contribution < 1.29 is 23.5 Å². The number of hydrogen-bond donors (Lipinski definition) is 3. The van der Waals surface area contributed by atoms with Gasteiger partial charge in [-0.3, -0.25) is 9.59 Å². The standard InChI is InChI=1S/C33H28N6O4S.CHNO/c1-18-9-12-22(13-10-18)30(32-36-26-7-5-6-8-29(26)42-32)43-31-27(34-20(3)40)16-23(17-28(31)35-21(4)41)37-38-33-24-15-19(2)11-14-25(24)39-44-33;2-1-3/h5-17,30H,1-4H3,(H,34,40)(H,35,41);2H. The Bertz CT molecular complexity index is 2080. The van der Waals surface area contributed by atoms with Crippen molar-refractivity contribution in [1.82, 2.24) is 9.36 Å². The molecule has 0 aliphatic rings. The van der Waals surface area contributed by atoms with Crippen molar-refractivity contribution >= 4 is 73.5 Å². The summed E-state index contributed by atoms with van der Waals surface area (Å²) in [5, 5.41) is 21.5. The number of amides is 2. The van der Waals surface area contributed by atoms with E-state index in [0.29, 0.717) is 27.7 Å². The SMILES string of the molecule is CC(=O)Nc1cc(N=Nc2snc3ccc(C)cc23)cc(NC(C)=O)c1OC(c1ccc(C)cc1)c1nc2ccccc2o1.N=C=O. The maximum Gasteiger partial charge on any atom is 0.241 e. The zero-order chi connectivity index (χ0) is 33.5. The van der Waals surface area contributed by atoms with Crippen LogP contribution in [0.3, 0.4) is 0 Å². The third-order valence-corrected chi connectivity index (χ3v) is 7.48. The molecule has 0 radical (unpaired) electrons. The molecule has 6 aromatic rings. The molecule has 236 valence electrons. The average molecular weight is 648 g/mol. The Kier molecular flexibility index (Phi) is 9.90.